The zero-order chi connectivity index (χ0) is 43.0. The molecule has 1 aliphatic heterocycles. The number of para-hydroxylation sites is 3. The summed E-state index contributed by atoms with van der Waals surface area (Å²) in [7, 11) is 0. The highest BCUT2D eigenvalue weighted by molar-refractivity contribution is 6.11. The second-order valence-electron chi connectivity index (χ2n) is 18.4. The van der Waals surface area contributed by atoms with Crippen molar-refractivity contribution in [2.75, 3.05) is 4.90 Å². The molecular formula is C62H42N2O. The molecule has 3 heteroatoms. The van der Waals surface area contributed by atoms with Gasteiger partial charge in [0, 0.05) is 49.9 Å². The molecule has 1 spiro atoms. The molecule has 3 nitrogen and oxygen atoms in total. The predicted octanol–water partition coefficient (Wildman–Crippen LogP) is 16.2. The van der Waals surface area contributed by atoms with Gasteiger partial charge in [0.1, 0.15) is 11.5 Å². The maximum atomic E-state index is 7.03. The summed E-state index contributed by atoms with van der Waals surface area (Å²) in [6.45, 7) is 4.74. The van der Waals surface area contributed by atoms with Crippen LogP contribution in [0.25, 0.3) is 60.5 Å². The topological polar surface area (TPSA) is 17.4 Å². The third kappa shape index (κ3) is 4.79. The molecule has 2 aliphatic carbocycles. The molecule has 0 N–H and O–H groups in total. The Bertz CT molecular complexity index is 3800. The molecule has 3 aliphatic rings. The van der Waals surface area contributed by atoms with E-state index in [0.717, 1.165) is 45.4 Å². The van der Waals surface area contributed by atoms with Crippen molar-refractivity contribution in [3.63, 3.8) is 0 Å². The first-order valence-electron chi connectivity index (χ1n) is 22.7. The van der Waals surface area contributed by atoms with Crippen molar-refractivity contribution in [2.24, 2.45) is 0 Å². The zero-order valence-corrected chi connectivity index (χ0v) is 36.1. The highest BCUT2D eigenvalue weighted by Gasteiger charge is 2.50. The van der Waals surface area contributed by atoms with Crippen LogP contribution in [0.15, 0.2) is 218 Å². The highest BCUT2D eigenvalue weighted by atomic mass is 16.5. The van der Waals surface area contributed by atoms with Gasteiger partial charge < -0.3 is 14.2 Å². The zero-order valence-electron chi connectivity index (χ0n) is 36.1. The van der Waals surface area contributed by atoms with E-state index in [9.17, 15) is 0 Å². The lowest BCUT2D eigenvalue weighted by Crippen LogP contribution is -2.36. The molecule has 0 amide bonds. The van der Waals surface area contributed by atoms with Crippen LogP contribution in [0.5, 0.6) is 11.5 Å². The number of fused-ring (bicyclic) bond motifs is 14. The number of hydrogen-bond acceptors (Lipinski definition) is 2. The number of hydrogen-bond donors (Lipinski definition) is 0. The van der Waals surface area contributed by atoms with Crippen LogP contribution < -0.4 is 9.64 Å². The molecule has 306 valence electrons. The summed E-state index contributed by atoms with van der Waals surface area (Å²) in [6.07, 6.45) is 0. The summed E-state index contributed by atoms with van der Waals surface area (Å²) in [6, 6.07) is 80.7. The second kappa shape index (κ2) is 13.2. The van der Waals surface area contributed by atoms with Crippen LogP contribution in [-0.2, 0) is 10.8 Å². The minimum Gasteiger partial charge on any atom is -0.457 e. The summed E-state index contributed by atoms with van der Waals surface area (Å²) in [5, 5.41) is 4.95. The van der Waals surface area contributed by atoms with Gasteiger partial charge in [-0.1, -0.05) is 166 Å². The monoisotopic (exact) mass is 830 g/mol. The fourth-order valence-corrected chi connectivity index (χ4v) is 12.1. The first-order valence-corrected chi connectivity index (χ1v) is 22.7. The molecule has 0 fully saturated rings. The van der Waals surface area contributed by atoms with E-state index in [0.29, 0.717) is 0 Å². The van der Waals surface area contributed by atoms with Crippen molar-refractivity contribution < 1.29 is 4.74 Å². The first-order chi connectivity index (χ1) is 32.0. The average Bonchev–Trinajstić information content (AvgIpc) is 3.81. The Kier molecular flexibility index (Phi) is 7.38. The molecule has 2 heterocycles. The number of nitrogens with zero attached hydrogens (tertiary/aromatic N) is 2. The Hall–Kier alpha value is -8.14. The lowest BCUT2D eigenvalue weighted by molar-refractivity contribution is 0.435. The Morgan fingerprint density at radius 2 is 1.03 bits per heavy atom. The third-order valence-corrected chi connectivity index (χ3v) is 14.8. The molecule has 65 heavy (non-hydrogen) atoms. The van der Waals surface area contributed by atoms with E-state index >= 15 is 0 Å². The molecule has 0 radical (unpaired) electrons. The normalized spacial score (nSPS) is 15.8. The molecule has 1 atom stereocenters. The van der Waals surface area contributed by atoms with E-state index < -0.39 is 5.41 Å². The maximum absolute atomic E-state index is 7.03. The van der Waals surface area contributed by atoms with Crippen molar-refractivity contribution in [3.05, 3.63) is 252 Å². The Morgan fingerprint density at radius 3 is 1.91 bits per heavy atom. The lowest BCUT2D eigenvalue weighted by atomic mass is 9.58. The van der Waals surface area contributed by atoms with Crippen LogP contribution in [0, 0.1) is 0 Å². The van der Waals surface area contributed by atoms with Crippen molar-refractivity contribution >= 4 is 49.6 Å². The summed E-state index contributed by atoms with van der Waals surface area (Å²) in [4.78, 5) is 2.52. The van der Waals surface area contributed by atoms with Gasteiger partial charge in [0.05, 0.1) is 22.1 Å². The minimum absolute atomic E-state index is 0.171. The molecule has 11 aromatic rings. The third-order valence-electron chi connectivity index (χ3n) is 14.8. The lowest BCUT2D eigenvalue weighted by Gasteiger charge is -2.45. The summed E-state index contributed by atoms with van der Waals surface area (Å²) < 4.78 is 9.42. The van der Waals surface area contributed by atoms with Gasteiger partial charge in [0.2, 0.25) is 0 Å². The van der Waals surface area contributed by atoms with Gasteiger partial charge >= 0.3 is 0 Å². The van der Waals surface area contributed by atoms with Gasteiger partial charge in [-0.25, -0.2) is 0 Å². The van der Waals surface area contributed by atoms with Crippen LogP contribution in [-0.4, -0.2) is 4.57 Å². The smallest absolute Gasteiger partial charge is 0.132 e. The molecule has 14 rings (SSSR count). The van der Waals surface area contributed by atoms with Crippen molar-refractivity contribution in [1.82, 2.24) is 4.57 Å². The Morgan fingerprint density at radius 1 is 0.415 bits per heavy atom. The number of ether oxygens (including phenoxy) is 1. The van der Waals surface area contributed by atoms with Crippen LogP contribution in [0.4, 0.5) is 17.1 Å². The van der Waals surface area contributed by atoms with Gasteiger partial charge in [-0.3, -0.25) is 0 Å². The second-order valence-corrected chi connectivity index (χ2v) is 18.4. The average molecular weight is 831 g/mol. The van der Waals surface area contributed by atoms with E-state index in [2.05, 4.69) is 242 Å². The fraction of sp³-hybridized carbons (Fsp3) is 0.0645. The van der Waals surface area contributed by atoms with Crippen LogP contribution in [0.3, 0.4) is 0 Å². The van der Waals surface area contributed by atoms with Gasteiger partial charge in [-0.15, -0.1) is 0 Å². The highest BCUT2D eigenvalue weighted by Crippen LogP contribution is 2.62. The fourth-order valence-electron chi connectivity index (χ4n) is 12.1. The van der Waals surface area contributed by atoms with Crippen LogP contribution in [0.1, 0.15) is 47.2 Å². The van der Waals surface area contributed by atoms with Gasteiger partial charge in [0.25, 0.3) is 0 Å². The molecule has 0 saturated heterocycles. The first kappa shape index (κ1) is 36.4. The molecule has 0 bridgehead atoms. The molecule has 1 aromatic heterocycles. The quantitative estimate of drug-likeness (QED) is 0.176. The van der Waals surface area contributed by atoms with Gasteiger partial charge in [-0.05, 0) is 116 Å². The number of benzene rings is 10. The number of aromatic nitrogens is 1. The Balaban J connectivity index is 1.09. The van der Waals surface area contributed by atoms with Gasteiger partial charge in [0.15, 0.2) is 0 Å². The summed E-state index contributed by atoms with van der Waals surface area (Å²) >= 11 is 0. The number of anilines is 3. The van der Waals surface area contributed by atoms with E-state index in [-0.39, 0.29) is 5.41 Å². The van der Waals surface area contributed by atoms with E-state index in [1.165, 1.54) is 77.1 Å². The summed E-state index contributed by atoms with van der Waals surface area (Å²) in [5.41, 5.74) is 18.5. The number of rotatable bonds is 4. The van der Waals surface area contributed by atoms with E-state index in [1.54, 1.807) is 0 Å². The van der Waals surface area contributed by atoms with Crippen LogP contribution >= 0.6 is 0 Å². The van der Waals surface area contributed by atoms with E-state index in [1.807, 2.05) is 0 Å². The Labute approximate surface area is 378 Å². The maximum Gasteiger partial charge on any atom is 0.132 e. The van der Waals surface area contributed by atoms with Crippen LogP contribution in [0.2, 0.25) is 0 Å². The SMILES string of the molecule is CC1(C)c2ccccc2-c2c(N(c3ccc4c(c3)C3(c5ccccc5O4)c4ccccc4-c4cccc5cccc3c45)c3ccc4c(c3)c3ccccc3n4-c3ccccc3)cccc21. The van der Waals surface area contributed by atoms with E-state index in [4.69, 9.17) is 4.74 Å². The predicted molar refractivity (Wildman–Crippen MR) is 268 cm³/mol. The molecule has 1 unspecified atom stereocenters. The standard InChI is InChI=1S/C62H42N2O/c1-61(2)48-25-9-7-23-46(48)60-51(61)28-16-31-56(60)63(41-33-35-55-47(37-41)44-22-8-12-30-54(44)64(55)40-19-4-3-5-20-40)42-34-36-58-53(38-42)62(50-27-11-13-32-57(50)65-58)49-26-10-6-21-43(49)45-24-14-17-39-18-15-29-52(62)59(39)45/h3-38H,1-2H3. The summed E-state index contributed by atoms with van der Waals surface area (Å²) in [5.74, 6) is 1.75. The van der Waals surface area contributed by atoms with Crippen molar-refractivity contribution in [3.8, 4) is 39.4 Å². The van der Waals surface area contributed by atoms with Gasteiger partial charge in [-0.2, -0.15) is 0 Å². The minimum atomic E-state index is -0.670. The van der Waals surface area contributed by atoms with Crippen molar-refractivity contribution in [1.29, 1.82) is 0 Å². The molecule has 10 aromatic carbocycles. The molecule has 0 saturated carbocycles. The largest absolute Gasteiger partial charge is 0.457 e. The van der Waals surface area contributed by atoms with Crippen molar-refractivity contribution in [2.45, 2.75) is 24.7 Å². The molecular weight excluding hydrogens is 789 g/mol.